The molecule has 0 bridgehead atoms. The van der Waals surface area contributed by atoms with Crippen molar-refractivity contribution in [3.8, 4) is 5.75 Å². The maximum Gasteiger partial charge on any atom is 0.333 e. The molecule has 15 nitrogen and oxygen atoms in total. The van der Waals surface area contributed by atoms with Crippen LogP contribution in [-0.2, 0) is 47.2 Å². The van der Waals surface area contributed by atoms with E-state index in [1.54, 1.807) is 35.4 Å². The lowest BCUT2D eigenvalue weighted by atomic mass is 10.1. The fourth-order valence-electron chi connectivity index (χ4n) is 4.52. The number of nitrogens with zero attached hydrogens (tertiary/aromatic N) is 5. The Morgan fingerprint density at radius 1 is 1.09 bits per heavy atom. The second-order valence-electron chi connectivity index (χ2n) is 10.2. The van der Waals surface area contributed by atoms with E-state index >= 15 is 0 Å². The first-order valence-electron chi connectivity index (χ1n) is 15.0. The summed E-state index contributed by atoms with van der Waals surface area (Å²) in [5.74, 6) is -0.603. The maximum atomic E-state index is 13.2. The summed E-state index contributed by atoms with van der Waals surface area (Å²) < 4.78 is 14.4. The third-order valence-corrected chi connectivity index (χ3v) is 6.75. The molecule has 0 amide bonds. The lowest BCUT2D eigenvalue weighted by Crippen LogP contribution is -2.30. The monoisotopic (exact) mass is 630 g/mol. The van der Waals surface area contributed by atoms with Crippen LogP contribution in [0.25, 0.3) is 11.0 Å². The molecule has 248 valence electrons. The van der Waals surface area contributed by atoms with Gasteiger partial charge in [0.1, 0.15) is 29.7 Å². The number of hydrogen-bond donors (Lipinski definition) is 5. The summed E-state index contributed by atoms with van der Waals surface area (Å²) >= 11 is 0. The van der Waals surface area contributed by atoms with Crippen LogP contribution in [0.5, 0.6) is 5.75 Å². The van der Waals surface area contributed by atoms with Gasteiger partial charge in [-0.05, 0) is 43.9 Å². The number of nitrogens with two attached hydrogens (primary N) is 3. The van der Waals surface area contributed by atoms with Gasteiger partial charge < -0.3 is 36.9 Å². The molecule has 1 aromatic carbocycles. The highest BCUT2D eigenvalue weighted by Gasteiger charge is 2.19. The van der Waals surface area contributed by atoms with E-state index < -0.39 is 24.1 Å². The average Bonchev–Trinajstić information content (AvgIpc) is 3.31. The fourth-order valence-corrected chi connectivity index (χ4v) is 4.52. The predicted molar refractivity (Wildman–Crippen MR) is 170 cm³/mol. The van der Waals surface area contributed by atoms with Gasteiger partial charge in [-0.1, -0.05) is 32.4 Å². The van der Waals surface area contributed by atoms with E-state index in [1.807, 2.05) is 19.1 Å². The van der Waals surface area contributed by atoms with Crippen molar-refractivity contribution in [2.24, 2.45) is 29.2 Å². The van der Waals surface area contributed by atoms with Crippen LogP contribution in [0.1, 0.15) is 57.1 Å². The van der Waals surface area contributed by atoms with Crippen LogP contribution < -0.4 is 27.5 Å². The van der Waals surface area contributed by atoms with E-state index in [0.717, 1.165) is 24.1 Å². The molecule has 8 N–H and O–H groups in total. The SMILES string of the molecule is CCCc1nn(C)c2c(=O)n(CCOc3ccc(CC(OCC)C(=O)O)cc3)c(CC)nc12.NC(N)=NCCCC(N)C(=O)O. The molecule has 0 radical (unpaired) electrons. The molecule has 3 aromatic rings. The molecule has 3 rings (SSSR count). The van der Waals surface area contributed by atoms with Gasteiger partial charge in [-0.15, -0.1) is 0 Å². The van der Waals surface area contributed by atoms with Gasteiger partial charge in [0.25, 0.3) is 5.56 Å². The molecule has 0 saturated heterocycles. The van der Waals surface area contributed by atoms with Crippen molar-refractivity contribution < 1.29 is 29.3 Å². The van der Waals surface area contributed by atoms with Gasteiger partial charge in [0.05, 0.1) is 12.2 Å². The number of hydrogen-bond acceptors (Lipinski definition) is 9. The number of aryl methyl sites for hydroxylation is 3. The molecule has 15 heteroatoms. The molecule has 45 heavy (non-hydrogen) atoms. The Morgan fingerprint density at radius 3 is 2.33 bits per heavy atom. The molecule has 0 aliphatic rings. The molecule has 0 fully saturated rings. The first kappa shape index (κ1) is 36.7. The Kier molecular flexibility index (Phi) is 15.0. The molecule has 2 atom stereocenters. The molecule has 0 aliphatic carbocycles. The van der Waals surface area contributed by atoms with Crippen molar-refractivity contribution in [2.45, 2.75) is 78.0 Å². The van der Waals surface area contributed by atoms with E-state index in [1.165, 1.54) is 0 Å². The third kappa shape index (κ3) is 11.2. The molecule has 2 unspecified atom stereocenters. The highest BCUT2D eigenvalue weighted by atomic mass is 16.5. The molecule has 0 aliphatic heterocycles. The molecule has 2 heterocycles. The minimum atomic E-state index is -1.00. The summed E-state index contributed by atoms with van der Waals surface area (Å²) in [7, 11) is 1.78. The summed E-state index contributed by atoms with van der Waals surface area (Å²) in [5.41, 5.74) is 18.1. The molecular weight excluding hydrogens is 584 g/mol. The Bertz CT molecular complexity index is 1480. The van der Waals surface area contributed by atoms with Crippen molar-refractivity contribution in [3.05, 3.63) is 51.7 Å². The summed E-state index contributed by atoms with van der Waals surface area (Å²) in [5, 5.41) is 22.1. The van der Waals surface area contributed by atoms with Crippen LogP contribution in [0, 0.1) is 0 Å². The van der Waals surface area contributed by atoms with Crippen LogP contribution in [0.15, 0.2) is 34.1 Å². The molecule has 0 spiro atoms. The number of rotatable bonds is 17. The molecule has 2 aromatic heterocycles. The number of benzene rings is 1. The summed E-state index contributed by atoms with van der Waals surface area (Å²) in [6.45, 7) is 7.26. The Morgan fingerprint density at radius 2 is 1.78 bits per heavy atom. The number of aliphatic carboxylic acids is 2. The van der Waals surface area contributed by atoms with Crippen LogP contribution in [0.3, 0.4) is 0 Å². The first-order chi connectivity index (χ1) is 21.4. The fraction of sp³-hybridized carbons (Fsp3) is 0.533. The number of aliphatic imine (C=N–C) groups is 1. The lowest BCUT2D eigenvalue weighted by molar-refractivity contribution is -0.150. The Hall–Kier alpha value is -4.50. The van der Waals surface area contributed by atoms with Crippen molar-refractivity contribution in [1.82, 2.24) is 19.3 Å². The highest BCUT2D eigenvalue weighted by Crippen LogP contribution is 2.17. The van der Waals surface area contributed by atoms with Gasteiger partial charge in [-0.2, -0.15) is 5.10 Å². The number of aromatic nitrogens is 4. The standard InChI is InChI=1S/C24H32N4O5.C6H14N4O2/c1-5-8-18-21-22(27(4)26-18)23(29)28(20(6-2)25-21)13-14-33-17-11-9-16(10-12-17)15-19(24(30)31)32-7-3;7-4(5(11)12)2-1-3-10-6(8)9/h9-12,19H,5-8,13-15H2,1-4H3,(H,30,31);4H,1-3,7H2,(H,11,12)(H4,8,9,10). The van der Waals surface area contributed by atoms with Crippen molar-refractivity contribution in [2.75, 3.05) is 19.8 Å². The number of fused-ring (bicyclic) bond motifs is 1. The second kappa shape index (κ2) is 18.3. The van der Waals surface area contributed by atoms with Crippen LogP contribution in [-0.4, -0.2) is 79.3 Å². The summed E-state index contributed by atoms with van der Waals surface area (Å²) in [6.07, 6.45) is 2.73. The zero-order valence-electron chi connectivity index (χ0n) is 26.4. The van der Waals surface area contributed by atoms with Gasteiger partial charge in [-0.3, -0.25) is 23.8 Å². The smallest absolute Gasteiger partial charge is 0.333 e. The number of carboxylic acid groups (broad SMARTS) is 2. The van der Waals surface area contributed by atoms with E-state index in [2.05, 4.69) is 17.0 Å². The van der Waals surface area contributed by atoms with Gasteiger partial charge in [-0.25, -0.2) is 9.78 Å². The first-order valence-corrected chi connectivity index (χ1v) is 15.0. The zero-order valence-corrected chi connectivity index (χ0v) is 26.4. The maximum absolute atomic E-state index is 13.2. The van der Waals surface area contributed by atoms with Gasteiger partial charge >= 0.3 is 11.9 Å². The van der Waals surface area contributed by atoms with E-state index in [0.29, 0.717) is 68.2 Å². The highest BCUT2D eigenvalue weighted by molar-refractivity contribution is 5.77. The van der Waals surface area contributed by atoms with Crippen LogP contribution in [0.2, 0.25) is 0 Å². The Balaban J connectivity index is 0.000000498. The lowest BCUT2D eigenvalue weighted by Gasteiger charge is -2.14. The number of carboxylic acids is 2. The number of guanidine groups is 1. The van der Waals surface area contributed by atoms with Crippen molar-refractivity contribution in [1.29, 1.82) is 0 Å². The number of carbonyl (C=O) groups is 2. The van der Waals surface area contributed by atoms with Crippen molar-refractivity contribution >= 4 is 28.9 Å². The van der Waals surface area contributed by atoms with E-state index in [-0.39, 0.29) is 17.9 Å². The minimum absolute atomic E-state index is 0.0129. The summed E-state index contributed by atoms with van der Waals surface area (Å²) in [4.78, 5) is 43.1. The predicted octanol–water partition coefficient (Wildman–Crippen LogP) is 1.21. The minimum Gasteiger partial charge on any atom is -0.492 e. The third-order valence-electron chi connectivity index (χ3n) is 6.75. The van der Waals surface area contributed by atoms with Gasteiger partial charge in [0, 0.05) is 33.0 Å². The molecule has 0 saturated carbocycles. The number of ether oxygens (including phenoxy) is 2. The largest absolute Gasteiger partial charge is 0.492 e. The summed E-state index contributed by atoms with van der Waals surface area (Å²) in [6, 6.07) is 6.42. The van der Waals surface area contributed by atoms with E-state index in [4.69, 9.17) is 36.8 Å². The van der Waals surface area contributed by atoms with Gasteiger partial charge in [0.2, 0.25) is 0 Å². The molecular formula is C30H46N8O7. The zero-order chi connectivity index (χ0) is 33.5. The Labute approximate surface area is 262 Å². The average molecular weight is 631 g/mol. The van der Waals surface area contributed by atoms with Crippen molar-refractivity contribution in [3.63, 3.8) is 0 Å². The quantitative estimate of drug-likeness (QED) is 0.0804. The van der Waals surface area contributed by atoms with Crippen LogP contribution >= 0.6 is 0 Å². The normalized spacial score (nSPS) is 12.2. The van der Waals surface area contributed by atoms with Crippen LogP contribution in [0.4, 0.5) is 0 Å². The topological polar surface area (TPSA) is 236 Å². The van der Waals surface area contributed by atoms with Gasteiger partial charge in [0.15, 0.2) is 17.6 Å². The van der Waals surface area contributed by atoms with E-state index in [9.17, 15) is 19.5 Å². The second-order valence-corrected chi connectivity index (χ2v) is 10.2.